The molecule has 0 spiro atoms. The number of H-pyrrole nitrogens is 1. The minimum atomic E-state index is -0.295. The summed E-state index contributed by atoms with van der Waals surface area (Å²) in [7, 11) is 0. The van der Waals surface area contributed by atoms with Crippen molar-refractivity contribution in [2.45, 2.75) is 6.54 Å². The zero-order chi connectivity index (χ0) is 14.8. The van der Waals surface area contributed by atoms with E-state index in [2.05, 4.69) is 15.5 Å². The minimum absolute atomic E-state index is 0.232. The lowest BCUT2D eigenvalue weighted by molar-refractivity contribution is 0.636. The first-order chi connectivity index (χ1) is 10.2. The van der Waals surface area contributed by atoms with Gasteiger partial charge in [0.2, 0.25) is 0 Å². The first-order valence-electron chi connectivity index (χ1n) is 6.32. The fourth-order valence-electron chi connectivity index (χ4n) is 2.19. The number of fused-ring (bicyclic) bond motifs is 1. The van der Waals surface area contributed by atoms with Crippen molar-refractivity contribution in [1.29, 1.82) is 0 Å². The highest BCUT2D eigenvalue weighted by molar-refractivity contribution is 5.80. The van der Waals surface area contributed by atoms with Crippen LogP contribution in [0.5, 0.6) is 0 Å². The number of nitrogen functional groups attached to an aromatic ring is 1. The highest BCUT2D eigenvalue weighted by Gasteiger charge is 2.07. The number of hydrogen-bond acceptors (Lipinski definition) is 5. The summed E-state index contributed by atoms with van der Waals surface area (Å²) in [4.78, 5) is 28.4. The molecule has 7 heteroatoms. The van der Waals surface area contributed by atoms with Crippen LogP contribution in [-0.4, -0.2) is 14.8 Å². The largest absolute Gasteiger partial charge is 0.308 e. The van der Waals surface area contributed by atoms with E-state index in [1.165, 1.54) is 4.68 Å². The maximum atomic E-state index is 12.4. The number of pyridine rings is 1. The highest BCUT2D eigenvalue weighted by Crippen LogP contribution is 2.07. The number of aromatic nitrogens is 3. The van der Waals surface area contributed by atoms with E-state index in [0.717, 1.165) is 5.56 Å². The molecule has 0 atom stereocenters. The van der Waals surface area contributed by atoms with Crippen molar-refractivity contribution in [3.05, 3.63) is 68.9 Å². The molecular weight excluding hydrogens is 270 g/mol. The molecule has 106 valence electrons. The molecule has 0 aliphatic heterocycles. The standard InChI is InChI=1S/C14H13N5O2/c15-17-12-7-9(5-6-16-12)8-19-14(21)11-4-2-1-3-10(11)13(20)18-19/h1-7H,8,15H2,(H,16,17)(H,18,20). The maximum Gasteiger partial charge on any atom is 0.273 e. The van der Waals surface area contributed by atoms with Gasteiger partial charge in [0.1, 0.15) is 5.82 Å². The van der Waals surface area contributed by atoms with Crippen LogP contribution in [0.4, 0.5) is 5.82 Å². The maximum absolute atomic E-state index is 12.4. The summed E-state index contributed by atoms with van der Waals surface area (Å²) in [6.45, 7) is 0.232. The first kappa shape index (κ1) is 13.1. The predicted octanol–water partition coefficient (Wildman–Crippen LogP) is 0.419. The van der Waals surface area contributed by atoms with Gasteiger partial charge in [0.15, 0.2) is 0 Å². The number of aromatic amines is 1. The monoisotopic (exact) mass is 283 g/mol. The van der Waals surface area contributed by atoms with Gasteiger partial charge in [0.05, 0.1) is 17.3 Å². The van der Waals surface area contributed by atoms with Crippen LogP contribution in [0.25, 0.3) is 10.8 Å². The van der Waals surface area contributed by atoms with Crippen LogP contribution in [0, 0.1) is 0 Å². The molecule has 0 bridgehead atoms. The Labute approximate surface area is 119 Å². The van der Waals surface area contributed by atoms with Crippen molar-refractivity contribution in [1.82, 2.24) is 14.8 Å². The Balaban J connectivity index is 2.11. The van der Waals surface area contributed by atoms with Crippen LogP contribution in [0.2, 0.25) is 0 Å². The van der Waals surface area contributed by atoms with Crippen molar-refractivity contribution in [3.8, 4) is 0 Å². The van der Waals surface area contributed by atoms with Gasteiger partial charge in [-0.15, -0.1) is 0 Å². The summed E-state index contributed by atoms with van der Waals surface area (Å²) in [6.07, 6.45) is 1.58. The van der Waals surface area contributed by atoms with Gasteiger partial charge in [0.25, 0.3) is 11.1 Å². The van der Waals surface area contributed by atoms with Crippen LogP contribution >= 0.6 is 0 Å². The molecule has 0 fully saturated rings. The molecule has 7 nitrogen and oxygen atoms in total. The average Bonchev–Trinajstić information content (AvgIpc) is 2.52. The molecule has 0 saturated heterocycles. The smallest absolute Gasteiger partial charge is 0.273 e. The van der Waals surface area contributed by atoms with Gasteiger partial charge in [-0.05, 0) is 29.8 Å². The second-order valence-corrected chi connectivity index (χ2v) is 4.57. The average molecular weight is 283 g/mol. The molecule has 3 aromatic rings. The summed E-state index contributed by atoms with van der Waals surface area (Å²) in [5.41, 5.74) is 2.69. The summed E-state index contributed by atoms with van der Waals surface area (Å²) >= 11 is 0. The van der Waals surface area contributed by atoms with Gasteiger partial charge in [0, 0.05) is 6.20 Å². The second kappa shape index (κ2) is 5.22. The fourth-order valence-corrected chi connectivity index (χ4v) is 2.19. The molecule has 0 amide bonds. The Hall–Kier alpha value is -2.93. The Morgan fingerprint density at radius 3 is 2.71 bits per heavy atom. The molecule has 1 aromatic carbocycles. The lowest BCUT2D eigenvalue weighted by Gasteiger charge is -2.08. The lowest BCUT2D eigenvalue weighted by Crippen LogP contribution is -2.30. The second-order valence-electron chi connectivity index (χ2n) is 4.57. The van der Waals surface area contributed by atoms with Crippen LogP contribution < -0.4 is 22.4 Å². The lowest BCUT2D eigenvalue weighted by atomic mass is 10.2. The zero-order valence-corrected chi connectivity index (χ0v) is 11.0. The summed E-state index contributed by atoms with van der Waals surface area (Å²) in [6, 6.07) is 10.2. The number of hydrogen-bond donors (Lipinski definition) is 3. The van der Waals surface area contributed by atoms with Crippen LogP contribution in [0.3, 0.4) is 0 Å². The number of nitrogens with zero attached hydrogens (tertiary/aromatic N) is 2. The van der Waals surface area contributed by atoms with Gasteiger partial charge < -0.3 is 5.43 Å². The number of nitrogens with one attached hydrogen (secondary N) is 2. The molecule has 2 aromatic heterocycles. The Bertz CT molecular complexity index is 913. The van der Waals surface area contributed by atoms with Gasteiger partial charge in [-0.25, -0.2) is 15.5 Å². The number of anilines is 1. The third kappa shape index (κ3) is 2.41. The molecule has 0 aliphatic rings. The van der Waals surface area contributed by atoms with E-state index in [4.69, 9.17) is 5.84 Å². The third-order valence-corrected chi connectivity index (χ3v) is 3.20. The molecule has 3 rings (SSSR count). The number of nitrogens with two attached hydrogens (primary N) is 1. The highest BCUT2D eigenvalue weighted by atomic mass is 16.2. The van der Waals surface area contributed by atoms with E-state index < -0.39 is 0 Å². The number of benzene rings is 1. The van der Waals surface area contributed by atoms with E-state index in [0.29, 0.717) is 16.6 Å². The molecular formula is C14H13N5O2. The fraction of sp³-hybridized carbons (Fsp3) is 0.0714. The van der Waals surface area contributed by atoms with E-state index >= 15 is 0 Å². The van der Waals surface area contributed by atoms with Crippen LogP contribution in [-0.2, 0) is 6.54 Å². The molecule has 0 unspecified atom stereocenters. The quantitative estimate of drug-likeness (QED) is 0.477. The Morgan fingerprint density at radius 1 is 1.19 bits per heavy atom. The Kier molecular flexibility index (Phi) is 3.25. The van der Waals surface area contributed by atoms with Crippen molar-refractivity contribution >= 4 is 16.6 Å². The molecule has 4 N–H and O–H groups in total. The van der Waals surface area contributed by atoms with Crippen LogP contribution in [0.1, 0.15) is 5.56 Å². The summed E-state index contributed by atoms with van der Waals surface area (Å²) in [5.74, 6) is 5.79. The van der Waals surface area contributed by atoms with E-state index in [9.17, 15) is 9.59 Å². The van der Waals surface area contributed by atoms with Gasteiger partial charge in [-0.1, -0.05) is 12.1 Å². The third-order valence-electron chi connectivity index (χ3n) is 3.20. The van der Waals surface area contributed by atoms with Crippen molar-refractivity contribution in [3.63, 3.8) is 0 Å². The van der Waals surface area contributed by atoms with Gasteiger partial charge >= 0.3 is 0 Å². The van der Waals surface area contributed by atoms with Crippen LogP contribution in [0.15, 0.2) is 52.2 Å². The van der Waals surface area contributed by atoms with E-state index in [1.54, 1.807) is 42.6 Å². The van der Waals surface area contributed by atoms with Crippen molar-refractivity contribution in [2.24, 2.45) is 5.84 Å². The van der Waals surface area contributed by atoms with Crippen molar-refractivity contribution in [2.75, 3.05) is 5.43 Å². The number of rotatable bonds is 3. The summed E-state index contributed by atoms with van der Waals surface area (Å²) in [5, 5.41) is 3.36. The van der Waals surface area contributed by atoms with Crippen molar-refractivity contribution < 1.29 is 0 Å². The SMILES string of the molecule is NNc1cc(Cn2[nH]c(=O)c3ccccc3c2=O)ccn1. The molecule has 2 heterocycles. The predicted molar refractivity (Wildman–Crippen MR) is 80.0 cm³/mol. The molecule has 0 saturated carbocycles. The Morgan fingerprint density at radius 2 is 1.95 bits per heavy atom. The topological polar surface area (TPSA) is 106 Å². The normalized spacial score (nSPS) is 10.7. The molecule has 21 heavy (non-hydrogen) atoms. The molecule has 0 aliphatic carbocycles. The summed E-state index contributed by atoms with van der Waals surface area (Å²) < 4.78 is 1.28. The van der Waals surface area contributed by atoms with Gasteiger partial charge in [-0.3, -0.25) is 14.7 Å². The zero-order valence-electron chi connectivity index (χ0n) is 11.0. The van der Waals surface area contributed by atoms with E-state index in [1.807, 2.05) is 0 Å². The number of hydrazine groups is 1. The van der Waals surface area contributed by atoms with E-state index in [-0.39, 0.29) is 17.7 Å². The van der Waals surface area contributed by atoms with Gasteiger partial charge in [-0.2, -0.15) is 0 Å². The first-order valence-corrected chi connectivity index (χ1v) is 6.32. The molecule has 0 radical (unpaired) electrons. The minimum Gasteiger partial charge on any atom is -0.308 e.